The summed E-state index contributed by atoms with van der Waals surface area (Å²) in [4.78, 5) is 75.9. The van der Waals surface area contributed by atoms with Crippen LogP contribution in [0.15, 0.2) is 44.9 Å². The minimum absolute atomic E-state index is 0. The molecule has 1 saturated carbocycles. The Morgan fingerprint density at radius 1 is 1.15 bits per heavy atom. The number of piperazine rings is 1. The summed E-state index contributed by atoms with van der Waals surface area (Å²) in [5.74, 6) is -4.61. The van der Waals surface area contributed by atoms with E-state index in [4.69, 9.17) is 22.8 Å². The number of carbonyl (C=O) groups excluding carboxylic acids is 4. The Labute approximate surface area is 374 Å². The number of nitrogen functional groups attached to an aromatic ring is 1. The molecule has 0 unspecified atom stereocenters. The van der Waals surface area contributed by atoms with Crippen molar-refractivity contribution in [3.63, 3.8) is 0 Å². The van der Waals surface area contributed by atoms with Gasteiger partial charge in [0.15, 0.2) is 17.2 Å². The monoisotopic (exact) mass is 846 g/mol. The largest absolute Gasteiger partial charge is 1.00 e. The molecule has 7 rings (SSSR count). The molecule has 0 bridgehead atoms. The molecule has 55 heavy (non-hydrogen) atoms. The number of halogens is 1. The number of thiazole rings is 1. The fourth-order valence-electron chi connectivity index (χ4n) is 6.32. The zero-order valence-electron chi connectivity index (χ0n) is 29.5. The van der Waals surface area contributed by atoms with Crippen molar-refractivity contribution < 1.29 is 97.7 Å². The van der Waals surface area contributed by atoms with Gasteiger partial charge in [0.05, 0.1) is 40.1 Å². The second kappa shape index (κ2) is 18.2. The number of thiocarbonyl (C=S) groups is 1. The van der Waals surface area contributed by atoms with Gasteiger partial charge in [0, 0.05) is 60.7 Å². The van der Waals surface area contributed by atoms with Crippen LogP contribution in [0.2, 0.25) is 0 Å². The summed E-state index contributed by atoms with van der Waals surface area (Å²) in [5.41, 5.74) is 5.77. The fourth-order valence-corrected chi connectivity index (χ4v) is 9.61. The molecule has 2 amide bonds. The summed E-state index contributed by atoms with van der Waals surface area (Å²) in [5, 5.41) is 31.3. The second-order valence-electron chi connectivity index (χ2n) is 12.5. The molecule has 3 N–H and O–H groups in total. The third kappa shape index (κ3) is 9.21. The standard InChI is InChI=1S/C32H31FN8O8S4.2Na/c33-20-7-18-21(40(17-1-2-17)10-19(26(18)43)29(45)46)8-22(20)38-3-5-39(6-4-38)32(50)53-13-15-12-51-28-24(27(44)41(28)25(15)30(47)48)37-23(42)9-35-49-11-16-14-52-31(34)36-16;;/h7-10,14,17,24,28H,1-6,11-13H2,(H2,34,36)(H,37,42)(H,45,46)(H,47,48);;/q;2*+1/p-2/b35-9-;;/t24-,28-;;/m1../s1. The normalized spacial score (nSPS) is 19.4. The summed E-state index contributed by atoms with van der Waals surface area (Å²) in [6.07, 6.45) is 3.79. The number of aliphatic carboxylic acids is 1. The maximum absolute atomic E-state index is 15.4. The van der Waals surface area contributed by atoms with Crippen molar-refractivity contribution in [3.05, 3.63) is 62.3 Å². The van der Waals surface area contributed by atoms with Crippen LogP contribution in [0.4, 0.5) is 15.2 Å². The van der Waals surface area contributed by atoms with Crippen LogP contribution in [-0.2, 0) is 25.8 Å². The molecule has 3 aromatic rings. The molecule has 23 heteroatoms. The van der Waals surface area contributed by atoms with Gasteiger partial charge in [-0.05, 0) is 30.5 Å². The second-order valence-corrected chi connectivity index (χ2v) is 16.1. The number of benzene rings is 1. The average Bonchev–Trinajstić information content (AvgIpc) is 3.90. The van der Waals surface area contributed by atoms with E-state index in [0.717, 1.165) is 30.0 Å². The maximum atomic E-state index is 15.4. The molecule has 16 nitrogen and oxygen atoms in total. The van der Waals surface area contributed by atoms with Gasteiger partial charge >= 0.3 is 59.1 Å². The Balaban J connectivity index is 0.00000290. The Morgan fingerprint density at radius 2 is 1.87 bits per heavy atom. The Kier molecular flexibility index (Phi) is 14.4. The average molecular weight is 847 g/mol. The van der Waals surface area contributed by atoms with Gasteiger partial charge in [-0.25, -0.2) is 9.37 Å². The first kappa shape index (κ1) is 43.4. The number of hydrogen-bond acceptors (Lipinski definition) is 16. The zero-order valence-corrected chi connectivity index (χ0v) is 36.8. The SMILES string of the molecule is Nc1nc(CO/N=C\C(=O)N[C@@H]2C(=O)N3C(C(=O)[O-])=C(CSC(=S)N4CCN(c5cc6c(cc5F)c(=O)c(C(=O)[O-])cn6C5CC5)CC4)CS[C@H]23)cs1.[Na+].[Na+]. The van der Waals surface area contributed by atoms with E-state index in [1.54, 1.807) is 16.0 Å². The summed E-state index contributed by atoms with van der Waals surface area (Å²) in [7, 11) is 0. The molecule has 5 heterocycles. The Morgan fingerprint density at radius 3 is 2.51 bits per heavy atom. The van der Waals surface area contributed by atoms with Gasteiger partial charge in [-0.1, -0.05) is 29.1 Å². The van der Waals surface area contributed by atoms with Gasteiger partial charge in [-0.2, -0.15) is 0 Å². The number of nitrogens with one attached hydrogen (secondary N) is 1. The number of rotatable bonds is 11. The van der Waals surface area contributed by atoms with Crippen molar-refractivity contribution in [1.29, 1.82) is 0 Å². The predicted molar refractivity (Wildman–Crippen MR) is 196 cm³/mol. The maximum Gasteiger partial charge on any atom is 1.00 e. The molecule has 278 valence electrons. The number of nitrogens with two attached hydrogens (primary N) is 1. The molecule has 1 aromatic carbocycles. The number of oxime groups is 1. The molecular formula is C32H29FN8Na2O8S4. The van der Waals surface area contributed by atoms with Crippen molar-refractivity contribution >= 4 is 103 Å². The molecule has 0 radical (unpaired) electrons. The molecule has 2 aromatic heterocycles. The van der Waals surface area contributed by atoms with Crippen LogP contribution in [0.25, 0.3) is 10.9 Å². The smallest absolute Gasteiger partial charge is 0.545 e. The van der Waals surface area contributed by atoms with Crippen LogP contribution >= 0.6 is 47.1 Å². The summed E-state index contributed by atoms with van der Waals surface area (Å²) in [6, 6.07) is 1.74. The fraction of sp³-hybridized carbons (Fsp3) is 0.375. The van der Waals surface area contributed by atoms with Gasteiger partial charge in [0.25, 0.3) is 11.8 Å². The van der Waals surface area contributed by atoms with Crippen LogP contribution in [-0.4, -0.2) is 103 Å². The summed E-state index contributed by atoms with van der Waals surface area (Å²) in [6.45, 7) is 1.66. The van der Waals surface area contributed by atoms with Crippen molar-refractivity contribution in [2.45, 2.75) is 36.9 Å². The number of nitrogens with zero attached hydrogens (tertiary/aromatic N) is 6. The van der Waals surface area contributed by atoms with E-state index in [-0.39, 0.29) is 100 Å². The molecular weight excluding hydrogens is 818 g/mol. The minimum atomic E-state index is -1.60. The topological polar surface area (TPSA) is 219 Å². The Hall–Kier alpha value is -2.73. The quantitative estimate of drug-likeness (QED) is 0.0603. The van der Waals surface area contributed by atoms with E-state index >= 15 is 4.39 Å². The van der Waals surface area contributed by atoms with E-state index in [0.29, 0.717) is 52.4 Å². The van der Waals surface area contributed by atoms with E-state index in [1.807, 2.05) is 9.80 Å². The van der Waals surface area contributed by atoms with E-state index < -0.39 is 52.0 Å². The number of carbonyl (C=O) groups is 4. The van der Waals surface area contributed by atoms with E-state index in [1.165, 1.54) is 41.1 Å². The van der Waals surface area contributed by atoms with Gasteiger partial charge in [0.2, 0.25) is 0 Å². The minimum Gasteiger partial charge on any atom is -0.545 e. The van der Waals surface area contributed by atoms with E-state index in [2.05, 4.69) is 15.5 Å². The van der Waals surface area contributed by atoms with Gasteiger partial charge in [-0.3, -0.25) is 19.3 Å². The first-order valence-corrected chi connectivity index (χ1v) is 19.5. The number of aromatic carboxylic acids is 1. The first-order valence-electron chi connectivity index (χ1n) is 16.2. The number of β-lactam (4-membered cyclic amide) rings is 1. The first-order chi connectivity index (χ1) is 25.4. The molecule has 3 aliphatic heterocycles. The van der Waals surface area contributed by atoms with Crippen LogP contribution in [0.5, 0.6) is 0 Å². The number of pyridine rings is 1. The van der Waals surface area contributed by atoms with Gasteiger partial charge in [-0.15, -0.1) is 23.1 Å². The van der Waals surface area contributed by atoms with Crippen molar-refractivity contribution in [2.75, 3.05) is 48.3 Å². The third-order valence-corrected chi connectivity index (χ3v) is 12.7. The molecule has 1 aliphatic carbocycles. The number of amides is 2. The zero-order chi connectivity index (χ0) is 37.6. The predicted octanol–water partition coefficient (Wildman–Crippen LogP) is -6.37. The van der Waals surface area contributed by atoms with Gasteiger partial charge in [0.1, 0.15) is 27.8 Å². The number of carboxylic acid groups (broad SMARTS) is 2. The van der Waals surface area contributed by atoms with Gasteiger partial charge < -0.3 is 50.1 Å². The van der Waals surface area contributed by atoms with Crippen molar-refractivity contribution in [3.8, 4) is 0 Å². The summed E-state index contributed by atoms with van der Waals surface area (Å²) >= 11 is 9.45. The van der Waals surface area contributed by atoms with Crippen LogP contribution in [0.3, 0.4) is 0 Å². The molecule has 2 atom stereocenters. The molecule has 2 saturated heterocycles. The number of fused-ring (bicyclic) bond motifs is 2. The number of thioether (sulfide) groups is 2. The van der Waals surface area contributed by atoms with Crippen molar-refractivity contribution in [2.24, 2.45) is 5.16 Å². The van der Waals surface area contributed by atoms with Crippen LogP contribution in [0.1, 0.15) is 34.9 Å². The molecule has 3 fully saturated rings. The third-order valence-electron chi connectivity index (χ3n) is 9.07. The Bertz CT molecular complexity index is 2180. The van der Waals surface area contributed by atoms with Crippen LogP contribution < -0.4 is 90.7 Å². The number of hydrogen-bond donors (Lipinski definition) is 2. The molecule has 0 spiro atoms. The summed E-state index contributed by atoms with van der Waals surface area (Å²) < 4.78 is 17.6. The number of aromatic nitrogens is 2. The van der Waals surface area contributed by atoms with Crippen molar-refractivity contribution in [1.82, 2.24) is 24.7 Å². The number of anilines is 2. The van der Waals surface area contributed by atoms with E-state index in [9.17, 15) is 34.2 Å². The van der Waals surface area contributed by atoms with Crippen LogP contribution in [0, 0.1) is 5.82 Å². The number of carboxylic acids is 2. The molecule has 4 aliphatic rings.